The number of hydrogen-bond acceptors (Lipinski definition) is 1. The normalized spacial score (nSPS) is 15.4. The van der Waals surface area contributed by atoms with E-state index in [1.807, 2.05) is 6.92 Å². The van der Waals surface area contributed by atoms with Gasteiger partial charge >= 0.3 is 0 Å². The minimum Gasteiger partial charge on any atom is -0.281 e. The van der Waals surface area contributed by atoms with Crippen LogP contribution in [0.3, 0.4) is 0 Å². The van der Waals surface area contributed by atoms with E-state index in [1.165, 1.54) is 25.7 Å². The zero-order chi connectivity index (χ0) is 10.3. The molecule has 1 nitrogen and oxygen atoms in total. The van der Waals surface area contributed by atoms with Gasteiger partial charge in [-0.3, -0.25) is 4.79 Å². The van der Waals surface area contributed by atoms with Gasteiger partial charge in [-0.2, -0.15) is 0 Å². The van der Waals surface area contributed by atoms with Gasteiger partial charge in [0.25, 0.3) is 0 Å². The molecule has 0 fully saturated rings. The van der Waals surface area contributed by atoms with Crippen LogP contribution in [-0.2, 0) is 4.79 Å². The van der Waals surface area contributed by atoms with Gasteiger partial charge in [0.1, 0.15) is 0 Å². The minimum atomic E-state index is -0.192. The first-order valence-corrected chi connectivity index (χ1v) is 5.66. The molecule has 13 heavy (non-hydrogen) atoms. The lowest BCUT2D eigenvalue weighted by Gasteiger charge is -2.15. The summed E-state index contributed by atoms with van der Waals surface area (Å²) in [7, 11) is 0. The molecule has 0 bridgehead atoms. The van der Waals surface area contributed by atoms with E-state index in [0.29, 0.717) is 5.92 Å². The highest BCUT2D eigenvalue weighted by atomic mass is 35.5. The van der Waals surface area contributed by atoms with Crippen LogP contribution in [-0.4, -0.2) is 5.24 Å². The highest BCUT2D eigenvalue weighted by Crippen LogP contribution is 2.20. The van der Waals surface area contributed by atoms with E-state index in [0.717, 1.165) is 6.42 Å². The lowest BCUT2D eigenvalue weighted by molar-refractivity contribution is -0.116. The van der Waals surface area contributed by atoms with Crippen LogP contribution in [0, 0.1) is 11.8 Å². The summed E-state index contributed by atoms with van der Waals surface area (Å²) in [6, 6.07) is 0. The SMILES string of the molecule is CCCCCCC(C)C(C)C(=O)Cl. The number of rotatable bonds is 7. The van der Waals surface area contributed by atoms with Crippen LogP contribution in [0.1, 0.15) is 52.9 Å². The van der Waals surface area contributed by atoms with Crippen LogP contribution >= 0.6 is 11.6 Å². The first-order valence-electron chi connectivity index (χ1n) is 5.29. The molecule has 78 valence electrons. The number of hydrogen-bond donors (Lipinski definition) is 0. The smallest absolute Gasteiger partial charge is 0.224 e. The van der Waals surface area contributed by atoms with Crippen LogP contribution in [0.15, 0.2) is 0 Å². The molecule has 0 saturated carbocycles. The van der Waals surface area contributed by atoms with Gasteiger partial charge in [0.2, 0.25) is 5.24 Å². The Hall–Kier alpha value is -0.0400. The van der Waals surface area contributed by atoms with Crippen molar-refractivity contribution in [3.05, 3.63) is 0 Å². The molecule has 0 heterocycles. The van der Waals surface area contributed by atoms with Gasteiger partial charge in [0, 0.05) is 5.92 Å². The zero-order valence-corrected chi connectivity index (χ0v) is 9.73. The first kappa shape index (κ1) is 13.0. The van der Waals surface area contributed by atoms with E-state index in [4.69, 9.17) is 11.6 Å². The van der Waals surface area contributed by atoms with Crippen molar-refractivity contribution in [3.8, 4) is 0 Å². The van der Waals surface area contributed by atoms with Crippen molar-refractivity contribution in [1.82, 2.24) is 0 Å². The summed E-state index contributed by atoms with van der Waals surface area (Å²) in [5.41, 5.74) is 0. The van der Waals surface area contributed by atoms with Crippen molar-refractivity contribution < 1.29 is 4.79 Å². The van der Waals surface area contributed by atoms with Crippen molar-refractivity contribution >= 4 is 16.8 Å². The molecule has 0 amide bonds. The van der Waals surface area contributed by atoms with Crippen LogP contribution in [0.4, 0.5) is 0 Å². The van der Waals surface area contributed by atoms with E-state index in [9.17, 15) is 4.79 Å². The van der Waals surface area contributed by atoms with E-state index in [-0.39, 0.29) is 11.2 Å². The van der Waals surface area contributed by atoms with Gasteiger partial charge < -0.3 is 0 Å². The quantitative estimate of drug-likeness (QED) is 0.453. The predicted octanol–water partition coefficient (Wildman–Crippen LogP) is 3.99. The third kappa shape index (κ3) is 6.09. The average Bonchev–Trinajstić information content (AvgIpc) is 2.10. The van der Waals surface area contributed by atoms with Crippen molar-refractivity contribution in [1.29, 1.82) is 0 Å². The monoisotopic (exact) mass is 204 g/mol. The van der Waals surface area contributed by atoms with Gasteiger partial charge in [-0.25, -0.2) is 0 Å². The highest BCUT2D eigenvalue weighted by molar-refractivity contribution is 6.63. The lowest BCUT2D eigenvalue weighted by atomic mass is 9.91. The van der Waals surface area contributed by atoms with Crippen LogP contribution in [0.5, 0.6) is 0 Å². The molecule has 2 atom stereocenters. The molecule has 0 aliphatic rings. The Morgan fingerprint density at radius 3 is 2.31 bits per heavy atom. The van der Waals surface area contributed by atoms with E-state index in [1.54, 1.807) is 0 Å². The van der Waals surface area contributed by atoms with E-state index < -0.39 is 0 Å². The van der Waals surface area contributed by atoms with Gasteiger partial charge in [0.05, 0.1) is 0 Å². The topological polar surface area (TPSA) is 17.1 Å². The Kier molecular flexibility index (Phi) is 7.35. The molecule has 0 rings (SSSR count). The Morgan fingerprint density at radius 2 is 1.85 bits per heavy atom. The van der Waals surface area contributed by atoms with Crippen molar-refractivity contribution in [3.63, 3.8) is 0 Å². The number of carbonyl (C=O) groups is 1. The average molecular weight is 205 g/mol. The molecule has 0 aliphatic carbocycles. The van der Waals surface area contributed by atoms with Crippen molar-refractivity contribution in [2.24, 2.45) is 11.8 Å². The van der Waals surface area contributed by atoms with Crippen molar-refractivity contribution in [2.45, 2.75) is 52.9 Å². The molecule has 0 spiro atoms. The second-order valence-electron chi connectivity index (χ2n) is 3.92. The molecule has 0 aromatic carbocycles. The Morgan fingerprint density at radius 1 is 1.23 bits per heavy atom. The molecule has 0 saturated heterocycles. The van der Waals surface area contributed by atoms with E-state index >= 15 is 0 Å². The largest absolute Gasteiger partial charge is 0.281 e. The molecule has 0 N–H and O–H groups in total. The maximum atomic E-state index is 10.8. The number of carbonyl (C=O) groups excluding carboxylic acids is 1. The fraction of sp³-hybridized carbons (Fsp3) is 0.909. The molecule has 0 aromatic rings. The zero-order valence-electron chi connectivity index (χ0n) is 8.98. The van der Waals surface area contributed by atoms with Gasteiger partial charge in [-0.15, -0.1) is 0 Å². The van der Waals surface area contributed by atoms with Crippen LogP contribution in [0.2, 0.25) is 0 Å². The van der Waals surface area contributed by atoms with Crippen LogP contribution in [0.25, 0.3) is 0 Å². The molecule has 0 radical (unpaired) electrons. The Balaban J connectivity index is 3.50. The second kappa shape index (κ2) is 7.37. The molecular formula is C11H21ClO. The molecule has 0 aromatic heterocycles. The summed E-state index contributed by atoms with van der Waals surface area (Å²) in [6.07, 6.45) is 6.20. The Bertz CT molecular complexity index is 145. The second-order valence-corrected chi connectivity index (χ2v) is 4.29. The standard InChI is InChI=1S/C11H21ClO/c1-4-5-6-7-8-9(2)10(3)11(12)13/h9-10H,4-8H2,1-3H3. The molecule has 0 aliphatic heterocycles. The number of halogens is 1. The minimum absolute atomic E-state index is 0.0169. The van der Waals surface area contributed by atoms with Crippen molar-refractivity contribution in [2.75, 3.05) is 0 Å². The summed E-state index contributed by atoms with van der Waals surface area (Å²) in [4.78, 5) is 10.8. The predicted molar refractivity (Wildman–Crippen MR) is 57.9 cm³/mol. The fourth-order valence-electron chi connectivity index (χ4n) is 1.37. The third-order valence-electron chi connectivity index (χ3n) is 2.72. The van der Waals surface area contributed by atoms with E-state index in [2.05, 4.69) is 13.8 Å². The highest BCUT2D eigenvalue weighted by Gasteiger charge is 2.17. The maximum absolute atomic E-state index is 10.8. The third-order valence-corrected chi connectivity index (χ3v) is 3.07. The summed E-state index contributed by atoms with van der Waals surface area (Å²) in [5, 5.41) is -0.192. The Labute approximate surface area is 86.9 Å². The molecular weight excluding hydrogens is 184 g/mol. The van der Waals surface area contributed by atoms with Gasteiger partial charge in [0.15, 0.2) is 0 Å². The summed E-state index contributed by atoms with van der Waals surface area (Å²) < 4.78 is 0. The van der Waals surface area contributed by atoms with Crippen LogP contribution < -0.4 is 0 Å². The lowest BCUT2D eigenvalue weighted by Crippen LogP contribution is -2.14. The molecule has 2 unspecified atom stereocenters. The van der Waals surface area contributed by atoms with Gasteiger partial charge in [-0.1, -0.05) is 46.5 Å². The number of unbranched alkanes of at least 4 members (excludes halogenated alkanes) is 3. The van der Waals surface area contributed by atoms with Gasteiger partial charge in [-0.05, 0) is 23.9 Å². The summed E-state index contributed by atoms with van der Waals surface area (Å²) in [5.74, 6) is 0.449. The maximum Gasteiger partial charge on any atom is 0.224 e. The summed E-state index contributed by atoms with van der Waals surface area (Å²) in [6.45, 7) is 6.23. The first-order chi connectivity index (χ1) is 6.09. The molecule has 2 heteroatoms. The summed E-state index contributed by atoms with van der Waals surface area (Å²) >= 11 is 5.42. The fourth-order valence-corrected chi connectivity index (χ4v) is 1.58.